The SMILES string of the molecule is CCN(C)CC(C)=O. The molecule has 0 N–H and O–H groups in total. The van der Waals surface area contributed by atoms with E-state index in [4.69, 9.17) is 0 Å². The van der Waals surface area contributed by atoms with Crippen LogP contribution < -0.4 is 0 Å². The minimum absolute atomic E-state index is 0.231. The van der Waals surface area contributed by atoms with Gasteiger partial charge in [-0.1, -0.05) is 6.92 Å². The van der Waals surface area contributed by atoms with Gasteiger partial charge in [0.15, 0.2) is 0 Å². The van der Waals surface area contributed by atoms with Crippen LogP contribution in [0, 0.1) is 0 Å². The standard InChI is InChI=1S/C6H13NO/c1-4-7(3)5-6(2)8/h4-5H2,1-3H3. The van der Waals surface area contributed by atoms with Crippen molar-refractivity contribution in [1.82, 2.24) is 4.90 Å². The molecule has 0 saturated carbocycles. The zero-order valence-electron chi connectivity index (χ0n) is 5.77. The Bertz CT molecular complexity index is 80.6. The maximum absolute atomic E-state index is 10.4. The summed E-state index contributed by atoms with van der Waals surface area (Å²) in [6.07, 6.45) is 0. The normalized spacial score (nSPS) is 10.0. The topological polar surface area (TPSA) is 20.3 Å². The molecule has 48 valence electrons. The number of carbonyl (C=O) groups excluding carboxylic acids is 1. The first-order valence-electron chi connectivity index (χ1n) is 2.84. The predicted octanol–water partition coefficient (Wildman–Crippen LogP) is 0.527. The zero-order valence-corrected chi connectivity index (χ0v) is 5.77. The van der Waals surface area contributed by atoms with Crippen LogP contribution in [0.1, 0.15) is 13.8 Å². The minimum Gasteiger partial charge on any atom is -0.299 e. The third-order valence-corrected chi connectivity index (χ3v) is 1.03. The average molecular weight is 115 g/mol. The van der Waals surface area contributed by atoms with E-state index in [1.807, 2.05) is 18.9 Å². The molecular weight excluding hydrogens is 102 g/mol. The van der Waals surface area contributed by atoms with Gasteiger partial charge >= 0.3 is 0 Å². The number of hydrogen-bond donors (Lipinski definition) is 0. The molecule has 0 atom stereocenters. The van der Waals surface area contributed by atoms with E-state index in [1.54, 1.807) is 6.92 Å². The highest BCUT2D eigenvalue weighted by molar-refractivity contribution is 5.77. The van der Waals surface area contributed by atoms with Crippen molar-refractivity contribution in [2.24, 2.45) is 0 Å². The van der Waals surface area contributed by atoms with Gasteiger partial charge in [0.1, 0.15) is 5.78 Å². The molecule has 0 heterocycles. The zero-order chi connectivity index (χ0) is 6.57. The van der Waals surface area contributed by atoms with Gasteiger partial charge in [0.05, 0.1) is 6.54 Å². The lowest BCUT2D eigenvalue weighted by molar-refractivity contribution is -0.117. The van der Waals surface area contributed by atoms with Gasteiger partial charge in [-0.3, -0.25) is 9.69 Å². The minimum atomic E-state index is 0.231. The van der Waals surface area contributed by atoms with Crippen molar-refractivity contribution in [2.75, 3.05) is 20.1 Å². The van der Waals surface area contributed by atoms with E-state index in [-0.39, 0.29) is 5.78 Å². The van der Waals surface area contributed by atoms with Crippen molar-refractivity contribution in [3.05, 3.63) is 0 Å². The number of rotatable bonds is 3. The number of ketones is 1. The van der Waals surface area contributed by atoms with Crippen molar-refractivity contribution < 1.29 is 4.79 Å². The highest BCUT2D eigenvalue weighted by atomic mass is 16.1. The molecule has 0 aliphatic heterocycles. The highest BCUT2D eigenvalue weighted by Crippen LogP contribution is 1.79. The van der Waals surface area contributed by atoms with Crippen LogP contribution in [-0.4, -0.2) is 30.8 Å². The summed E-state index contributed by atoms with van der Waals surface area (Å²) in [6, 6.07) is 0. The molecule has 0 radical (unpaired) electrons. The maximum Gasteiger partial charge on any atom is 0.143 e. The van der Waals surface area contributed by atoms with E-state index in [9.17, 15) is 4.79 Å². The molecule has 0 fully saturated rings. The lowest BCUT2D eigenvalue weighted by Gasteiger charge is -2.09. The van der Waals surface area contributed by atoms with Crippen LogP contribution >= 0.6 is 0 Å². The number of nitrogens with zero attached hydrogens (tertiary/aromatic N) is 1. The molecule has 0 aromatic rings. The van der Waals surface area contributed by atoms with Crippen molar-refractivity contribution in [3.8, 4) is 0 Å². The molecule has 0 aliphatic carbocycles. The first-order chi connectivity index (χ1) is 3.66. The Kier molecular flexibility index (Phi) is 3.44. The van der Waals surface area contributed by atoms with E-state index in [0.29, 0.717) is 6.54 Å². The van der Waals surface area contributed by atoms with Gasteiger partial charge in [0, 0.05) is 0 Å². The Morgan fingerprint density at radius 1 is 1.62 bits per heavy atom. The summed E-state index contributed by atoms with van der Waals surface area (Å²) in [5.41, 5.74) is 0. The number of carbonyl (C=O) groups is 1. The van der Waals surface area contributed by atoms with Crippen LogP contribution in [0.15, 0.2) is 0 Å². The predicted molar refractivity (Wildman–Crippen MR) is 33.9 cm³/mol. The molecule has 0 aromatic heterocycles. The van der Waals surface area contributed by atoms with Crippen LogP contribution in [0.25, 0.3) is 0 Å². The molecule has 2 heteroatoms. The third kappa shape index (κ3) is 3.81. The van der Waals surface area contributed by atoms with E-state index >= 15 is 0 Å². The summed E-state index contributed by atoms with van der Waals surface area (Å²) in [5.74, 6) is 0.231. The van der Waals surface area contributed by atoms with Crippen molar-refractivity contribution in [3.63, 3.8) is 0 Å². The molecular formula is C6H13NO. The third-order valence-electron chi connectivity index (χ3n) is 1.03. The fourth-order valence-corrected chi connectivity index (χ4v) is 0.492. The number of hydrogen-bond acceptors (Lipinski definition) is 2. The molecule has 0 aromatic carbocycles. The maximum atomic E-state index is 10.4. The van der Waals surface area contributed by atoms with Gasteiger partial charge in [-0.05, 0) is 20.5 Å². The molecule has 2 nitrogen and oxygen atoms in total. The fourth-order valence-electron chi connectivity index (χ4n) is 0.492. The van der Waals surface area contributed by atoms with Crippen LogP contribution in [0.5, 0.6) is 0 Å². The van der Waals surface area contributed by atoms with Crippen LogP contribution in [0.2, 0.25) is 0 Å². The lowest BCUT2D eigenvalue weighted by Crippen LogP contribution is -2.23. The average Bonchev–Trinajstić information content (AvgIpc) is 1.65. The van der Waals surface area contributed by atoms with E-state index in [0.717, 1.165) is 6.54 Å². The Morgan fingerprint density at radius 2 is 2.12 bits per heavy atom. The van der Waals surface area contributed by atoms with Crippen molar-refractivity contribution >= 4 is 5.78 Å². The molecule has 0 aliphatic rings. The number of likely N-dealkylation sites (N-methyl/N-ethyl adjacent to an activating group) is 1. The second-order valence-electron chi connectivity index (χ2n) is 2.03. The Morgan fingerprint density at radius 3 is 2.25 bits per heavy atom. The van der Waals surface area contributed by atoms with E-state index in [1.165, 1.54) is 0 Å². The molecule has 0 rings (SSSR count). The van der Waals surface area contributed by atoms with Crippen LogP contribution in [-0.2, 0) is 4.79 Å². The Hall–Kier alpha value is -0.370. The molecule has 0 amide bonds. The second-order valence-corrected chi connectivity index (χ2v) is 2.03. The van der Waals surface area contributed by atoms with Gasteiger partial charge in [-0.25, -0.2) is 0 Å². The summed E-state index contributed by atoms with van der Waals surface area (Å²) in [7, 11) is 1.93. The van der Waals surface area contributed by atoms with Gasteiger partial charge < -0.3 is 0 Å². The van der Waals surface area contributed by atoms with E-state index in [2.05, 4.69) is 0 Å². The first-order valence-corrected chi connectivity index (χ1v) is 2.84. The summed E-state index contributed by atoms with van der Waals surface area (Å²) in [6.45, 7) is 5.16. The molecule has 8 heavy (non-hydrogen) atoms. The quantitative estimate of drug-likeness (QED) is 0.534. The molecule has 0 saturated heterocycles. The van der Waals surface area contributed by atoms with Gasteiger partial charge in [-0.15, -0.1) is 0 Å². The summed E-state index contributed by atoms with van der Waals surface area (Å²) < 4.78 is 0. The highest BCUT2D eigenvalue weighted by Gasteiger charge is 1.95. The van der Waals surface area contributed by atoms with Crippen LogP contribution in [0.3, 0.4) is 0 Å². The molecule has 0 unspecified atom stereocenters. The van der Waals surface area contributed by atoms with Gasteiger partial charge in [0.2, 0.25) is 0 Å². The summed E-state index contributed by atoms with van der Waals surface area (Å²) >= 11 is 0. The smallest absolute Gasteiger partial charge is 0.143 e. The Labute approximate surface area is 50.5 Å². The molecule has 0 spiro atoms. The monoisotopic (exact) mass is 115 g/mol. The molecule has 0 bridgehead atoms. The van der Waals surface area contributed by atoms with Gasteiger partial charge in [0.25, 0.3) is 0 Å². The van der Waals surface area contributed by atoms with Gasteiger partial charge in [-0.2, -0.15) is 0 Å². The fraction of sp³-hybridized carbons (Fsp3) is 0.833. The van der Waals surface area contributed by atoms with Crippen molar-refractivity contribution in [2.45, 2.75) is 13.8 Å². The number of Topliss-reactive ketones (excluding diaryl/α,β-unsaturated/α-hetero) is 1. The largest absolute Gasteiger partial charge is 0.299 e. The van der Waals surface area contributed by atoms with Crippen LogP contribution in [0.4, 0.5) is 0 Å². The summed E-state index contributed by atoms with van der Waals surface area (Å²) in [4.78, 5) is 12.3. The van der Waals surface area contributed by atoms with E-state index < -0.39 is 0 Å². The van der Waals surface area contributed by atoms with Crippen molar-refractivity contribution in [1.29, 1.82) is 0 Å². The second kappa shape index (κ2) is 3.61. The first kappa shape index (κ1) is 7.63. The Balaban J connectivity index is 3.24. The summed E-state index contributed by atoms with van der Waals surface area (Å²) in [5, 5.41) is 0. The lowest BCUT2D eigenvalue weighted by atomic mass is 10.4.